The lowest BCUT2D eigenvalue weighted by Gasteiger charge is -2.42. The number of alkyl halides is 3. The first-order valence-electron chi connectivity index (χ1n) is 13.4. The maximum atomic E-state index is 14.0. The maximum Gasteiger partial charge on any atom is 0.417 e. The van der Waals surface area contributed by atoms with Crippen LogP contribution in [0.1, 0.15) is 23.2 Å². The molecule has 4 fully saturated rings. The third-order valence-electron chi connectivity index (χ3n) is 8.60. The van der Waals surface area contributed by atoms with Crippen molar-refractivity contribution in [1.82, 2.24) is 29.4 Å². The van der Waals surface area contributed by atoms with E-state index in [9.17, 15) is 13.2 Å². The second-order valence-electron chi connectivity index (χ2n) is 10.9. The smallest absolute Gasteiger partial charge is 0.384 e. The Hall–Kier alpha value is -3.00. The summed E-state index contributed by atoms with van der Waals surface area (Å²) in [6, 6.07) is 4.53. The molecule has 13 heteroatoms. The normalized spacial score (nSPS) is 24.7. The first kappa shape index (κ1) is 25.0. The minimum absolute atomic E-state index is 0.0346. The highest BCUT2D eigenvalue weighted by atomic mass is 19.4. The zero-order chi connectivity index (χ0) is 26.9. The molecule has 2 N–H and O–H groups in total. The molecule has 2 atom stereocenters. The fraction of sp³-hybridized carbons (Fsp3) is 0.577. The summed E-state index contributed by atoms with van der Waals surface area (Å²) in [6.45, 7) is 8.69. The monoisotopic (exact) mass is 544 g/mol. The lowest BCUT2D eigenvalue weighted by Crippen LogP contribution is -2.56. The quantitative estimate of drug-likeness (QED) is 0.519. The zero-order valence-corrected chi connectivity index (χ0v) is 21.7. The molecule has 7 heterocycles. The number of hydrogen-bond donors (Lipinski definition) is 1. The third-order valence-corrected chi connectivity index (χ3v) is 8.60. The van der Waals surface area contributed by atoms with Crippen LogP contribution in [0.3, 0.4) is 0 Å². The molecule has 4 aliphatic rings. The van der Waals surface area contributed by atoms with Crippen molar-refractivity contribution in [2.24, 2.45) is 0 Å². The number of likely N-dealkylation sites (tertiary alicyclic amines) is 2. The minimum atomic E-state index is -4.63. The molecule has 39 heavy (non-hydrogen) atoms. The van der Waals surface area contributed by atoms with Gasteiger partial charge in [-0.25, -0.2) is 14.5 Å². The standard InChI is InChI=1S/C26H31F3N8O2/c1-15-16(10-35-11-18-7-17(35)12-36(18)19-13-39-14-19)6-22-25(34-2-4-38-5-3-34)32-24(33-37(15)22)20-9-31-23(30)8-21(20)26(27,28)29/h6,8-9,17-19H,2-5,7,10-14H2,1H3,(H2,30,31). The average Bonchev–Trinajstić information content (AvgIpc) is 3.56. The van der Waals surface area contributed by atoms with Crippen LogP contribution in [0.15, 0.2) is 18.3 Å². The molecule has 0 spiro atoms. The van der Waals surface area contributed by atoms with Crippen molar-refractivity contribution in [2.75, 3.05) is 63.2 Å². The maximum absolute atomic E-state index is 14.0. The van der Waals surface area contributed by atoms with E-state index < -0.39 is 11.7 Å². The zero-order valence-electron chi connectivity index (χ0n) is 21.7. The van der Waals surface area contributed by atoms with Crippen LogP contribution in [0, 0.1) is 6.92 Å². The van der Waals surface area contributed by atoms with E-state index in [0.717, 1.165) is 68.3 Å². The van der Waals surface area contributed by atoms with E-state index in [2.05, 4.69) is 30.8 Å². The van der Waals surface area contributed by atoms with Crippen LogP contribution in [-0.2, 0) is 22.2 Å². The van der Waals surface area contributed by atoms with Crippen LogP contribution in [-0.4, -0.2) is 100 Å². The van der Waals surface area contributed by atoms with Crippen molar-refractivity contribution in [2.45, 2.75) is 44.2 Å². The number of rotatable bonds is 5. The van der Waals surface area contributed by atoms with Crippen LogP contribution in [0.2, 0.25) is 0 Å². The molecule has 0 aromatic carbocycles. The van der Waals surface area contributed by atoms with Crippen LogP contribution in [0.5, 0.6) is 0 Å². The van der Waals surface area contributed by atoms with Gasteiger partial charge >= 0.3 is 6.18 Å². The first-order valence-corrected chi connectivity index (χ1v) is 13.4. The van der Waals surface area contributed by atoms with Gasteiger partial charge in [-0.1, -0.05) is 0 Å². The summed E-state index contributed by atoms with van der Waals surface area (Å²) in [5, 5.41) is 4.63. The largest absolute Gasteiger partial charge is 0.417 e. The predicted molar refractivity (Wildman–Crippen MR) is 137 cm³/mol. The SMILES string of the molecule is Cc1c(CN2CC3CC2CN3C2COC2)cc2c(N3CCOCC3)nc(-c3cnc(N)cc3C(F)(F)F)nn12. The Balaban J connectivity index is 1.27. The van der Waals surface area contributed by atoms with Gasteiger partial charge in [0.1, 0.15) is 11.3 Å². The molecule has 7 rings (SSSR count). The molecular formula is C26H31F3N8O2. The van der Waals surface area contributed by atoms with E-state index in [-0.39, 0.29) is 17.2 Å². The van der Waals surface area contributed by atoms with E-state index in [1.807, 2.05) is 6.92 Å². The number of nitrogens with two attached hydrogens (primary N) is 1. The van der Waals surface area contributed by atoms with Crippen LogP contribution < -0.4 is 10.6 Å². The van der Waals surface area contributed by atoms with Crippen LogP contribution >= 0.6 is 0 Å². The van der Waals surface area contributed by atoms with E-state index in [4.69, 9.17) is 20.2 Å². The number of morpholine rings is 1. The van der Waals surface area contributed by atoms with Gasteiger partial charge in [-0.15, -0.1) is 5.10 Å². The summed E-state index contributed by atoms with van der Waals surface area (Å²) in [5.41, 5.74) is 7.30. The molecular weight excluding hydrogens is 513 g/mol. The van der Waals surface area contributed by atoms with Crippen LogP contribution in [0.4, 0.5) is 24.8 Å². The van der Waals surface area contributed by atoms with E-state index in [1.54, 1.807) is 4.52 Å². The summed E-state index contributed by atoms with van der Waals surface area (Å²) in [4.78, 5) is 15.8. The number of piperazine rings is 1. The van der Waals surface area contributed by atoms with Crippen molar-refractivity contribution >= 4 is 17.2 Å². The summed E-state index contributed by atoms with van der Waals surface area (Å²) in [5.74, 6) is 0.359. The van der Waals surface area contributed by atoms with Crippen molar-refractivity contribution < 1.29 is 22.6 Å². The van der Waals surface area contributed by atoms with Gasteiger partial charge in [0.2, 0.25) is 0 Å². The number of anilines is 2. The second-order valence-corrected chi connectivity index (χ2v) is 10.9. The summed E-state index contributed by atoms with van der Waals surface area (Å²) in [6.07, 6.45) is -2.35. The van der Waals surface area contributed by atoms with Crippen molar-refractivity contribution in [3.05, 3.63) is 35.2 Å². The molecule has 0 amide bonds. The summed E-state index contributed by atoms with van der Waals surface area (Å²) >= 11 is 0. The average molecular weight is 545 g/mol. The highest BCUT2D eigenvalue weighted by Gasteiger charge is 2.47. The second kappa shape index (κ2) is 9.29. The van der Waals surface area contributed by atoms with Gasteiger partial charge in [0.25, 0.3) is 0 Å². The van der Waals surface area contributed by atoms with Gasteiger partial charge in [-0.3, -0.25) is 9.80 Å². The molecule has 208 valence electrons. The number of fused-ring (bicyclic) bond motifs is 3. The Kier molecular flexibility index (Phi) is 5.95. The molecule has 2 bridgehead atoms. The molecule has 4 saturated heterocycles. The molecule has 3 aromatic rings. The third kappa shape index (κ3) is 4.31. The number of nitrogen functional groups attached to an aromatic ring is 1. The van der Waals surface area contributed by atoms with Gasteiger partial charge in [-0.05, 0) is 31.0 Å². The highest BCUT2D eigenvalue weighted by Crippen LogP contribution is 2.39. The van der Waals surface area contributed by atoms with Crippen molar-refractivity contribution in [3.63, 3.8) is 0 Å². The van der Waals surface area contributed by atoms with E-state index in [1.165, 1.54) is 0 Å². The molecule has 3 aromatic heterocycles. The van der Waals surface area contributed by atoms with Gasteiger partial charge in [-0.2, -0.15) is 13.2 Å². The fourth-order valence-corrected chi connectivity index (χ4v) is 6.43. The molecule has 4 aliphatic heterocycles. The number of pyridine rings is 1. The number of halogens is 3. The van der Waals surface area contributed by atoms with E-state index in [0.29, 0.717) is 50.2 Å². The molecule has 0 saturated carbocycles. The number of nitrogens with zero attached hydrogens (tertiary/aromatic N) is 7. The Morgan fingerprint density at radius 3 is 2.51 bits per heavy atom. The molecule has 0 radical (unpaired) electrons. The van der Waals surface area contributed by atoms with Gasteiger partial charge in [0, 0.05) is 56.7 Å². The predicted octanol–water partition coefficient (Wildman–Crippen LogP) is 2.19. The number of aromatic nitrogens is 4. The number of aryl methyl sites for hydroxylation is 1. The van der Waals surface area contributed by atoms with E-state index >= 15 is 0 Å². The molecule has 10 nitrogen and oxygen atoms in total. The number of ether oxygens (including phenoxy) is 2. The Labute approximate surface area is 223 Å². The van der Waals surface area contributed by atoms with Crippen molar-refractivity contribution in [3.8, 4) is 11.4 Å². The van der Waals surface area contributed by atoms with Gasteiger partial charge in [0.15, 0.2) is 11.6 Å². The van der Waals surface area contributed by atoms with Crippen molar-refractivity contribution in [1.29, 1.82) is 0 Å². The van der Waals surface area contributed by atoms with Crippen LogP contribution in [0.25, 0.3) is 16.9 Å². The Bertz CT molecular complexity index is 1400. The molecule has 2 unspecified atom stereocenters. The first-order chi connectivity index (χ1) is 18.8. The lowest BCUT2D eigenvalue weighted by molar-refractivity contribution is -0.137. The minimum Gasteiger partial charge on any atom is -0.384 e. The fourth-order valence-electron chi connectivity index (χ4n) is 6.43. The topological polar surface area (TPSA) is 97.3 Å². The number of hydrogen-bond acceptors (Lipinski definition) is 9. The summed E-state index contributed by atoms with van der Waals surface area (Å²) < 4.78 is 54.6. The highest BCUT2D eigenvalue weighted by molar-refractivity contribution is 5.74. The molecule has 0 aliphatic carbocycles. The Morgan fingerprint density at radius 1 is 1.05 bits per heavy atom. The Morgan fingerprint density at radius 2 is 1.85 bits per heavy atom. The van der Waals surface area contributed by atoms with Gasteiger partial charge in [0.05, 0.1) is 43.6 Å². The summed E-state index contributed by atoms with van der Waals surface area (Å²) in [7, 11) is 0. The van der Waals surface area contributed by atoms with Gasteiger partial charge < -0.3 is 20.1 Å². The lowest BCUT2D eigenvalue weighted by atomic mass is 10.1.